The molecule has 7 nitrogen and oxygen atoms in total. The number of ether oxygens (including phenoxy) is 1. The van der Waals surface area contributed by atoms with Crippen LogP contribution in [0.5, 0.6) is 0 Å². The maximum Gasteiger partial charge on any atom is 0.326 e. The van der Waals surface area contributed by atoms with E-state index in [1.165, 1.54) is 28.0 Å². The first-order valence-corrected chi connectivity index (χ1v) is 12.2. The van der Waals surface area contributed by atoms with Crippen LogP contribution >= 0.6 is 23.1 Å². The Morgan fingerprint density at radius 1 is 1.18 bits per heavy atom. The number of benzene rings is 2. The lowest BCUT2D eigenvalue weighted by Crippen LogP contribution is -2.39. The van der Waals surface area contributed by atoms with Gasteiger partial charge in [0.2, 0.25) is 11.8 Å². The van der Waals surface area contributed by atoms with Gasteiger partial charge in [0.15, 0.2) is 0 Å². The number of hydrogen-bond acceptors (Lipinski definition) is 7. The highest BCUT2D eigenvalue weighted by Crippen LogP contribution is 2.34. The highest BCUT2D eigenvalue weighted by molar-refractivity contribution is 8.00. The van der Waals surface area contributed by atoms with Crippen molar-refractivity contribution in [3.63, 3.8) is 0 Å². The molecule has 0 saturated heterocycles. The number of anilines is 2. The first-order valence-electron chi connectivity index (χ1n) is 10.4. The molecule has 170 valence electrons. The SMILES string of the molecule is Cc1ccc(C)c(NC(=O)Cc2nc(COC(=O)CN3C(=O)CSc4ccccc43)cs2)c1. The van der Waals surface area contributed by atoms with Gasteiger partial charge in [-0.2, -0.15) is 0 Å². The van der Waals surface area contributed by atoms with Gasteiger partial charge in [0, 0.05) is 16.0 Å². The molecule has 1 aliphatic rings. The number of carbonyl (C=O) groups excluding carboxylic acids is 3. The van der Waals surface area contributed by atoms with Crippen LogP contribution in [-0.4, -0.2) is 35.1 Å². The lowest BCUT2D eigenvalue weighted by atomic mass is 10.1. The van der Waals surface area contributed by atoms with Gasteiger partial charge in [-0.3, -0.25) is 19.3 Å². The van der Waals surface area contributed by atoms with Gasteiger partial charge in [-0.25, -0.2) is 4.98 Å². The van der Waals surface area contributed by atoms with E-state index >= 15 is 0 Å². The second kappa shape index (κ2) is 10.2. The molecule has 9 heteroatoms. The topological polar surface area (TPSA) is 88.6 Å². The summed E-state index contributed by atoms with van der Waals surface area (Å²) < 4.78 is 5.34. The molecule has 0 aliphatic carbocycles. The number of hydrogen-bond donors (Lipinski definition) is 1. The maximum atomic E-state index is 12.4. The van der Waals surface area contributed by atoms with Crippen molar-refractivity contribution in [2.45, 2.75) is 31.8 Å². The number of nitrogens with zero attached hydrogens (tertiary/aromatic N) is 2. The Morgan fingerprint density at radius 2 is 2.00 bits per heavy atom. The number of aryl methyl sites for hydroxylation is 2. The summed E-state index contributed by atoms with van der Waals surface area (Å²) in [6, 6.07) is 13.4. The van der Waals surface area contributed by atoms with Crippen LogP contribution in [0.2, 0.25) is 0 Å². The Hall–Kier alpha value is -3.17. The lowest BCUT2D eigenvalue weighted by Gasteiger charge is -2.27. The Morgan fingerprint density at radius 3 is 2.85 bits per heavy atom. The fraction of sp³-hybridized carbons (Fsp3) is 0.250. The Kier molecular flexibility index (Phi) is 7.10. The van der Waals surface area contributed by atoms with Gasteiger partial charge in [-0.1, -0.05) is 24.3 Å². The van der Waals surface area contributed by atoms with Crippen LogP contribution in [0, 0.1) is 13.8 Å². The van der Waals surface area contributed by atoms with Crippen LogP contribution in [0.1, 0.15) is 21.8 Å². The van der Waals surface area contributed by atoms with E-state index in [1.807, 2.05) is 56.3 Å². The molecule has 2 aromatic carbocycles. The predicted octanol–water partition coefficient (Wildman–Crippen LogP) is 4.12. The summed E-state index contributed by atoms with van der Waals surface area (Å²) >= 11 is 2.81. The van der Waals surface area contributed by atoms with Crippen LogP contribution in [0.4, 0.5) is 11.4 Å². The fourth-order valence-electron chi connectivity index (χ4n) is 3.36. The Bertz CT molecular complexity index is 1210. The molecule has 0 spiro atoms. The number of thiazole rings is 1. The van der Waals surface area contributed by atoms with E-state index in [0.29, 0.717) is 16.5 Å². The van der Waals surface area contributed by atoms with Gasteiger partial charge >= 0.3 is 5.97 Å². The quantitative estimate of drug-likeness (QED) is 0.511. The van der Waals surface area contributed by atoms with Crippen LogP contribution in [-0.2, 0) is 32.1 Å². The highest BCUT2D eigenvalue weighted by atomic mass is 32.2. The summed E-state index contributed by atoms with van der Waals surface area (Å²) in [7, 11) is 0. The van der Waals surface area contributed by atoms with Crippen LogP contribution in [0.3, 0.4) is 0 Å². The average Bonchev–Trinajstić information content (AvgIpc) is 3.24. The Labute approximate surface area is 200 Å². The molecule has 2 heterocycles. The molecule has 0 radical (unpaired) electrons. The zero-order valence-electron chi connectivity index (χ0n) is 18.3. The molecule has 0 bridgehead atoms. The van der Waals surface area contributed by atoms with Crippen LogP contribution in [0.15, 0.2) is 52.7 Å². The summed E-state index contributed by atoms with van der Waals surface area (Å²) in [4.78, 5) is 43.9. The van der Waals surface area contributed by atoms with E-state index in [-0.39, 0.29) is 31.4 Å². The van der Waals surface area contributed by atoms with Gasteiger partial charge in [0.05, 0.1) is 23.6 Å². The van der Waals surface area contributed by atoms with Crippen LogP contribution < -0.4 is 10.2 Å². The Balaban J connectivity index is 1.29. The molecule has 0 saturated carbocycles. The van der Waals surface area contributed by atoms with Gasteiger partial charge in [0.1, 0.15) is 18.2 Å². The number of amides is 2. The third-order valence-electron chi connectivity index (χ3n) is 5.05. The molecular weight excluding hydrogens is 458 g/mol. The number of aromatic nitrogens is 1. The number of esters is 1. The van der Waals surface area contributed by atoms with E-state index < -0.39 is 5.97 Å². The van der Waals surface area contributed by atoms with Crippen molar-refractivity contribution in [2.24, 2.45) is 0 Å². The van der Waals surface area contributed by atoms with Crippen molar-refractivity contribution >= 4 is 52.3 Å². The second-order valence-electron chi connectivity index (χ2n) is 7.67. The minimum atomic E-state index is -0.507. The standard InChI is InChI=1S/C24H23N3O4S2/c1-15-7-8-16(2)18(9-15)26-21(28)10-22-25-17(13-33-22)12-31-24(30)11-27-19-5-3-4-6-20(19)32-14-23(27)29/h3-9,13H,10-12,14H2,1-2H3,(H,26,28). The van der Waals surface area contributed by atoms with Crippen LogP contribution in [0.25, 0.3) is 0 Å². The van der Waals surface area contributed by atoms with Crippen molar-refractivity contribution in [1.29, 1.82) is 0 Å². The van der Waals surface area contributed by atoms with E-state index in [1.54, 1.807) is 5.38 Å². The summed E-state index contributed by atoms with van der Waals surface area (Å²) in [6.07, 6.45) is 0.142. The number of rotatable bonds is 7. The molecule has 4 rings (SSSR count). The number of nitrogens with one attached hydrogen (secondary N) is 1. The number of carbonyl (C=O) groups is 3. The van der Waals surface area contributed by atoms with Gasteiger partial charge in [-0.05, 0) is 43.2 Å². The van der Waals surface area contributed by atoms with Gasteiger partial charge < -0.3 is 10.1 Å². The molecule has 1 aliphatic heterocycles. The molecule has 1 N–H and O–H groups in total. The lowest BCUT2D eigenvalue weighted by molar-refractivity contribution is -0.144. The van der Waals surface area contributed by atoms with Crippen molar-refractivity contribution in [2.75, 3.05) is 22.5 Å². The molecule has 2 amide bonds. The molecule has 3 aromatic rings. The third kappa shape index (κ3) is 5.80. The van der Waals surface area contributed by atoms with Crippen molar-refractivity contribution in [1.82, 2.24) is 4.98 Å². The maximum absolute atomic E-state index is 12.4. The highest BCUT2D eigenvalue weighted by Gasteiger charge is 2.26. The summed E-state index contributed by atoms with van der Waals surface area (Å²) in [6.45, 7) is 3.76. The summed E-state index contributed by atoms with van der Waals surface area (Å²) in [5.41, 5.74) is 4.15. The van der Waals surface area contributed by atoms with Gasteiger partial charge in [0.25, 0.3) is 0 Å². The molecular formula is C24H23N3O4S2. The van der Waals surface area contributed by atoms with E-state index in [2.05, 4.69) is 10.3 Å². The van der Waals surface area contributed by atoms with Crippen molar-refractivity contribution in [3.8, 4) is 0 Å². The molecule has 0 atom stereocenters. The smallest absolute Gasteiger partial charge is 0.326 e. The predicted molar refractivity (Wildman–Crippen MR) is 130 cm³/mol. The zero-order chi connectivity index (χ0) is 23.4. The van der Waals surface area contributed by atoms with E-state index in [9.17, 15) is 14.4 Å². The third-order valence-corrected chi connectivity index (χ3v) is 7.00. The average molecular weight is 482 g/mol. The number of fused-ring (bicyclic) bond motifs is 1. The minimum Gasteiger partial charge on any atom is -0.458 e. The van der Waals surface area contributed by atoms with E-state index in [0.717, 1.165) is 27.4 Å². The molecule has 0 fully saturated rings. The number of thioether (sulfide) groups is 1. The normalized spacial score (nSPS) is 12.9. The second-order valence-corrected chi connectivity index (χ2v) is 9.63. The summed E-state index contributed by atoms with van der Waals surface area (Å²) in [5.74, 6) is -0.486. The largest absolute Gasteiger partial charge is 0.458 e. The van der Waals surface area contributed by atoms with Gasteiger partial charge in [-0.15, -0.1) is 23.1 Å². The summed E-state index contributed by atoms with van der Waals surface area (Å²) in [5, 5.41) is 5.33. The number of para-hydroxylation sites is 1. The fourth-order valence-corrected chi connectivity index (χ4v) is 5.07. The van der Waals surface area contributed by atoms with Crippen molar-refractivity contribution in [3.05, 3.63) is 69.7 Å². The van der Waals surface area contributed by atoms with E-state index in [4.69, 9.17) is 4.74 Å². The first kappa shape index (κ1) is 23.0. The van der Waals surface area contributed by atoms with Crippen molar-refractivity contribution < 1.29 is 19.1 Å². The first-order chi connectivity index (χ1) is 15.9. The monoisotopic (exact) mass is 481 g/mol. The zero-order valence-corrected chi connectivity index (χ0v) is 19.9. The molecule has 33 heavy (non-hydrogen) atoms. The molecule has 0 unspecified atom stereocenters. The molecule has 1 aromatic heterocycles. The minimum absolute atomic E-state index is 0.00757.